The van der Waals surface area contributed by atoms with Crippen molar-refractivity contribution in [1.82, 2.24) is 0 Å². The van der Waals surface area contributed by atoms with Crippen LogP contribution in [0.2, 0.25) is 0 Å². The standard InChI is InChI=1S/C29H32O2/c1-6-25(30-26-15-9-22(2)10-16-26)8-7-21-29(4,5)24-13-19-28(20-14-24)31-27-17-11-23(3)12-18-27/h6-20H,21H2,1-5H3/b8-7-,25-6+. The van der Waals surface area contributed by atoms with Gasteiger partial charge in [-0.05, 0) is 86.7 Å². The van der Waals surface area contributed by atoms with E-state index in [2.05, 4.69) is 76.2 Å². The van der Waals surface area contributed by atoms with E-state index >= 15 is 0 Å². The summed E-state index contributed by atoms with van der Waals surface area (Å²) in [7, 11) is 0. The van der Waals surface area contributed by atoms with Gasteiger partial charge < -0.3 is 9.47 Å². The van der Waals surface area contributed by atoms with E-state index in [1.54, 1.807) is 0 Å². The molecule has 0 saturated carbocycles. The third kappa shape index (κ3) is 6.62. The van der Waals surface area contributed by atoms with Gasteiger partial charge in [0.2, 0.25) is 0 Å². The molecule has 2 nitrogen and oxygen atoms in total. The van der Waals surface area contributed by atoms with Crippen molar-refractivity contribution >= 4 is 0 Å². The first-order valence-corrected chi connectivity index (χ1v) is 10.8. The minimum absolute atomic E-state index is 0.00159. The van der Waals surface area contributed by atoms with Gasteiger partial charge in [0.1, 0.15) is 23.0 Å². The van der Waals surface area contributed by atoms with Crippen LogP contribution in [0.15, 0.2) is 96.8 Å². The summed E-state index contributed by atoms with van der Waals surface area (Å²) in [6.07, 6.45) is 7.12. The lowest BCUT2D eigenvalue weighted by atomic mass is 9.81. The fourth-order valence-corrected chi connectivity index (χ4v) is 3.24. The average molecular weight is 413 g/mol. The number of allylic oxidation sites excluding steroid dienone is 3. The van der Waals surface area contributed by atoms with Crippen LogP contribution in [0.5, 0.6) is 17.2 Å². The van der Waals surface area contributed by atoms with Gasteiger partial charge in [-0.15, -0.1) is 0 Å². The Bertz CT molecular complexity index is 1020. The Hall–Kier alpha value is -3.26. The summed E-state index contributed by atoms with van der Waals surface area (Å²) in [5, 5.41) is 0. The number of aryl methyl sites for hydroxylation is 2. The second-order valence-electron chi connectivity index (χ2n) is 8.54. The molecule has 0 saturated heterocycles. The summed E-state index contributed by atoms with van der Waals surface area (Å²) in [4.78, 5) is 0. The van der Waals surface area contributed by atoms with Crippen LogP contribution >= 0.6 is 0 Å². The summed E-state index contributed by atoms with van der Waals surface area (Å²) in [6.45, 7) is 10.6. The highest BCUT2D eigenvalue weighted by Gasteiger charge is 2.19. The van der Waals surface area contributed by atoms with Crippen molar-refractivity contribution in [2.45, 2.75) is 46.5 Å². The molecule has 0 radical (unpaired) electrons. The third-order valence-corrected chi connectivity index (χ3v) is 5.34. The van der Waals surface area contributed by atoms with Gasteiger partial charge in [0.05, 0.1) is 0 Å². The van der Waals surface area contributed by atoms with Gasteiger partial charge in [-0.3, -0.25) is 0 Å². The highest BCUT2D eigenvalue weighted by molar-refractivity contribution is 5.37. The Labute approximate surface area is 186 Å². The van der Waals surface area contributed by atoms with Gasteiger partial charge >= 0.3 is 0 Å². The van der Waals surface area contributed by atoms with Crippen LogP contribution in [0.1, 0.15) is 43.9 Å². The number of benzene rings is 3. The zero-order valence-corrected chi connectivity index (χ0v) is 19.2. The molecule has 0 bridgehead atoms. The van der Waals surface area contributed by atoms with Gasteiger partial charge in [0.25, 0.3) is 0 Å². The number of ether oxygens (including phenoxy) is 2. The summed E-state index contributed by atoms with van der Waals surface area (Å²) in [5.41, 5.74) is 3.72. The Kier molecular flexibility index (Phi) is 7.36. The highest BCUT2D eigenvalue weighted by Crippen LogP contribution is 2.30. The molecule has 0 unspecified atom stereocenters. The molecule has 3 aromatic carbocycles. The molecule has 160 valence electrons. The smallest absolute Gasteiger partial charge is 0.127 e. The normalized spacial score (nSPS) is 12.2. The second-order valence-corrected chi connectivity index (χ2v) is 8.54. The molecule has 0 aliphatic rings. The lowest BCUT2D eigenvalue weighted by Crippen LogP contribution is -2.15. The minimum Gasteiger partial charge on any atom is -0.458 e. The third-order valence-electron chi connectivity index (χ3n) is 5.34. The SMILES string of the molecule is C/C=C(\C=C/CC(C)(C)c1ccc(Oc2ccc(C)cc2)cc1)Oc1ccc(C)cc1. The first kappa shape index (κ1) is 22.4. The van der Waals surface area contributed by atoms with Crippen LogP contribution in [-0.4, -0.2) is 0 Å². The largest absolute Gasteiger partial charge is 0.458 e. The van der Waals surface area contributed by atoms with Gasteiger partial charge in [-0.25, -0.2) is 0 Å². The molecule has 3 aromatic rings. The van der Waals surface area contributed by atoms with E-state index in [1.165, 1.54) is 16.7 Å². The summed E-state index contributed by atoms with van der Waals surface area (Å²) < 4.78 is 11.9. The zero-order valence-electron chi connectivity index (χ0n) is 19.2. The molecule has 0 N–H and O–H groups in total. The van der Waals surface area contributed by atoms with E-state index in [4.69, 9.17) is 9.47 Å². The maximum absolute atomic E-state index is 5.98. The van der Waals surface area contributed by atoms with Crippen molar-refractivity contribution in [2.75, 3.05) is 0 Å². The zero-order chi connectivity index (χ0) is 22.3. The Morgan fingerprint density at radius 2 is 1.23 bits per heavy atom. The Balaban J connectivity index is 1.60. The topological polar surface area (TPSA) is 18.5 Å². The van der Waals surface area contributed by atoms with Crippen LogP contribution in [0.25, 0.3) is 0 Å². The predicted octanol–water partition coefficient (Wildman–Crippen LogP) is 8.30. The molecule has 0 amide bonds. The van der Waals surface area contributed by atoms with E-state index in [0.717, 1.165) is 29.4 Å². The summed E-state index contributed by atoms with van der Waals surface area (Å²) in [5.74, 6) is 3.41. The molecule has 0 fully saturated rings. The minimum atomic E-state index is 0.00159. The molecular formula is C29H32O2. The molecule has 0 aromatic heterocycles. The number of rotatable bonds is 8. The number of hydrogen-bond donors (Lipinski definition) is 0. The molecule has 2 heteroatoms. The second kappa shape index (κ2) is 10.2. The first-order valence-electron chi connectivity index (χ1n) is 10.8. The van der Waals surface area contributed by atoms with E-state index in [1.807, 2.05) is 49.4 Å². The van der Waals surface area contributed by atoms with E-state index < -0.39 is 0 Å². The quantitative estimate of drug-likeness (QED) is 0.274. The van der Waals surface area contributed by atoms with Crippen LogP contribution in [0.4, 0.5) is 0 Å². The monoisotopic (exact) mass is 412 g/mol. The summed E-state index contributed by atoms with van der Waals surface area (Å²) >= 11 is 0. The van der Waals surface area contributed by atoms with Gasteiger partial charge in [-0.2, -0.15) is 0 Å². The molecule has 0 aliphatic heterocycles. The van der Waals surface area contributed by atoms with Crippen LogP contribution in [0.3, 0.4) is 0 Å². The van der Waals surface area contributed by atoms with Gasteiger partial charge in [0.15, 0.2) is 0 Å². The van der Waals surface area contributed by atoms with Crippen molar-refractivity contribution in [3.63, 3.8) is 0 Å². The van der Waals surface area contributed by atoms with E-state index in [-0.39, 0.29) is 5.41 Å². The Morgan fingerprint density at radius 3 is 1.74 bits per heavy atom. The maximum atomic E-state index is 5.98. The van der Waals surface area contributed by atoms with Crippen molar-refractivity contribution in [3.8, 4) is 17.2 Å². The van der Waals surface area contributed by atoms with E-state index in [0.29, 0.717) is 0 Å². The molecule has 3 rings (SSSR count). The lowest BCUT2D eigenvalue weighted by Gasteiger charge is -2.24. The van der Waals surface area contributed by atoms with Gasteiger partial charge in [-0.1, -0.05) is 67.4 Å². The van der Waals surface area contributed by atoms with Crippen molar-refractivity contribution in [3.05, 3.63) is 113 Å². The Morgan fingerprint density at radius 1 is 0.742 bits per heavy atom. The molecule has 0 heterocycles. The molecule has 31 heavy (non-hydrogen) atoms. The fourth-order valence-electron chi connectivity index (χ4n) is 3.24. The number of hydrogen-bond acceptors (Lipinski definition) is 2. The van der Waals surface area contributed by atoms with Gasteiger partial charge in [0, 0.05) is 0 Å². The average Bonchev–Trinajstić information content (AvgIpc) is 2.76. The summed E-state index contributed by atoms with van der Waals surface area (Å²) in [6, 6.07) is 24.6. The fraction of sp³-hybridized carbons (Fsp3) is 0.241. The van der Waals surface area contributed by atoms with E-state index in [9.17, 15) is 0 Å². The van der Waals surface area contributed by atoms with Crippen LogP contribution in [-0.2, 0) is 5.41 Å². The first-order chi connectivity index (χ1) is 14.9. The van der Waals surface area contributed by atoms with Crippen molar-refractivity contribution in [2.24, 2.45) is 0 Å². The molecular weight excluding hydrogens is 380 g/mol. The van der Waals surface area contributed by atoms with Crippen molar-refractivity contribution in [1.29, 1.82) is 0 Å². The lowest BCUT2D eigenvalue weighted by molar-refractivity contribution is 0.442. The highest BCUT2D eigenvalue weighted by atomic mass is 16.5. The van der Waals surface area contributed by atoms with Crippen molar-refractivity contribution < 1.29 is 9.47 Å². The molecule has 0 atom stereocenters. The molecule has 0 spiro atoms. The predicted molar refractivity (Wildman–Crippen MR) is 130 cm³/mol. The maximum Gasteiger partial charge on any atom is 0.127 e. The van der Waals surface area contributed by atoms with Crippen LogP contribution in [0, 0.1) is 13.8 Å². The van der Waals surface area contributed by atoms with Crippen LogP contribution < -0.4 is 9.47 Å². The molecule has 0 aliphatic carbocycles.